The second-order valence-corrected chi connectivity index (χ2v) is 7.61. The summed E-state index contributed by atoms with van der Waals surface area (Å²) in [5.74, 6) is 0.678. The summed E-state index contributed by atoms with van der Waals surface area (Å²) in [6.45, 7) is 2.28. The average Bonchev–Trinajstić information content (AvgIpc) is 3.45. The number of aromatic nitrogens is 2. The first-order valence-corrected chi connectivity index (χ1v) is 10.1. The van der Waals surface area contributed by atoms with Gasteiger partial charge in [-0.05, 0) is 54.4 Å². The van der Waals surface area contributed by atoms with Crippen molar-refractivity contribution in [1.29, 1.82) is 0 Å². The Morgan fingerprint density at radius 3 is 2.67 bits per heavy atom. The molecular weight excluding hydrogens is 383 g/mol. The molecule has 4 rings (SSSR count). The molecule has 0 saturated carbocycles. The Morgan fingerprint density at radius 2 is 1.97 bits per heavy atom. The van der Waals surface area contributed by atoms with Gasteiger partial charge in [-0.3, -0.25) is 9.48 Å². The molecule has 2 N–H and O–H groups in total. The molecule has 1 aliphatic rings. The number of benzene rings is 2. The van der Waals surface area contributed by atoms with E-state index in [9.17, 15) is 9.18 Å². The van der Waals surface area contributed by atoms with Crippen molar-refractivity contribution in [3.63, 3.8) is 0 Å². The van der Waals surface area contributed by atoms with Crippen molar-refractivity contribution in [2.45, 2.75) is 24.9 Å². The third-order valence-corrected chi connectivity index (χ3v) is 5.36. The summed E-state index contributed by atoms with van der Waals surface area (Å²) < 4.78 is 20.6. The molecule has 0 spiro atoms. The first-order chi connectivity index (χ1) is 14.6. The first kappa shape index (κ1) is 20.1. The fourth-order valence-electron chi connectivity index (χ4n) is 3.73. The SMILES string of the molecule is NC(COc1ccc(C(=O)N2CC[C@H](c3ccc(F)cc3)C2)cc1)Cn1cccn1. The van der Waals surface area contributed by atoms with Crippen LogP contribution in [-0.2, 0) is 6.54 Å². The van der Waals surface area contributed by atoms with Crippen molar-refractivity contribution in [1.82, 2.24) is 14.7 Å². The highest BCUT2D eigenvalue weighted by molar-refractivity contribution is 5.94. The van der Waals surface area contributed by atoms with E-state index in [0.29, 0.717) is 37.6 Å². The van der Waals surface area contributed by atoms with Gasteiger partial charge in [0.25, 0.3) is 5.91 Å². The molecule has 2 heterocycles. The number of ether oxygens (including phenoxy) is 1. The van der Waals surface area contributed by atoms with Crippen LogP contribution in [0.4, 0.5) is 4.39 Å². The maximum atomic E-state index is 13.1. The zero-order valence-electron chi connectivity index (χ0n) is 16.7. The lowest BCUT2D eigenvalue weighted by molar-refractivity contribution is 0.0790. The number of nitrogens with two attached hydrogens (primary N) is 1. The number of nitrogens with zero attached hydrogens (tertiary/aromatic N) is 3. The van der Waals surface area contributed by atoms with Gasteiger partial charge >= 0.3 is 0 Å². The number of likely N-dealkylation sites (tertiary alicyclic amines) is 1. The molecule has 1 saturated heterocycles. The minimum atomic E-state index is -0.241. The molecule has 0 radical (unpaired) electrons. The predicted molar refractivity (Wildman–Crippen MR) is 112 cm³/mol. The van der Waals surface area contributed by atoms with Crippen molar-refractivity contribution in [2.24, 2.45) is 5.73 Å². The van der Waals surface area contributed by atoms with Gasteiger partial charge in [-0.25, -0.2) is 4.39 Å². The second kappa shape index (κ2) is 9.09. The number of amides is 1. The first-order valence-electron chi connectivity index (χ1n) is 10.1. The van der Waals surface area contributed by atoms with Crippen LogP contribution in [0.5, 0.6) is 5.75 Å². The second-order valence-electron chi connectivity index (χ2n) is 7.61. The van der Waals surface area contributed by atoms with E-state index in [1.54, 1.807) is 47.3 Å². The number of hydrogen-bond acceptors (Lipinski definition) is 4. The molecule has 30 heavy (non-hydrogen) atoms. The van der Waals surface area contributed by atoms with Gasteiger partial charge in [0, 0.05) is 37.0 Å². The Balaban J connectivity index is 1.29. The summed E-state index contributed by atoms with van der Waals surface area (Å²) in [6.07, 6.45) is 4.46. The molecule has 1 amide bonds. The third kappa shape index (κ3) is 4.86. The molecular formula is C23H25FN4O2. The van der Waals surface area contributed by atoms with Gasteiger partial charge in [-0.2, -0.15) is 5.10 Å². The highest BCUT2D eigenvalue weighted by Gasteiger charge is 2.28. The average molecular weight is 408 g/mol. The zero-order valence-corrected chi connectivity index (χ0v) is 16.7. The molecule has 156 valence electrons. The van der Waals surface area contributed by atoms with Crippen molar-refractivity contribution in [2.75, 3.05) is 19.7 Å². The lowest BCUT2D eigenvalue weighted by Gasteiger charge is -2.17. The van der Waals surface area contributed by atoms with E-state index in [1.165, 1.54) is 12.1 Å². The number of halogens is 1. The Hall–Kier alpha value is -3.19. The van der Waals surface area contributed by atoms with Crippen molar-refractivity contribution >= 4 is 5.91 Å². The van der Waals surface area contributed by atoms with Gasteiger partial charge in [-0.1, -0.05) is 12.1 Å². The van der Waals surface area contributed by atoms with Gasteiger partial charge in [0.05, 0.1) is 12.6 Å². The molecule has 1 fully saturated rings. The quantitative estimate of drug-likeness (QED) is 0.652. The van der Waals surface area contributed by atoms with E-state index >= 15 is 0 Å². The van der Waals surface area contributed by atoms with Crippen LogP contribution in [-0.4, -0.2) is 46.3 Å². The van der Waals surface area contributed by atoms with Crippen LogP contribution in [0.2, 0.25) is 0 Å². The topological polar surface area (TPSA) is 73.4 Å². The molecule has 0 aliphatic carbocycles. The van der Waals surface area contributed by atoms with E-state index in [0.717, 1.165) is 12.0 Å². The van der Waals surface area contributed by atoms with Crippen LogP contribution in [0.25, 0.3) is 0 Å². The third-order valence-electron chi connectivity index (χ3n) is 5.36. The minimum absolute atomic E-state index is 0.00143. The Morgan fingerprint density at radius 1 is 1.20 bits per heavy atom. The largest absolute Gasteiger partial charge is 0.492 e. The maximum absolute atomic E-state index is 13.1. The van der Waals surface area contributed by atoms with Gasteiger partial charge in [0.1, 0.15) is 18.2 Å². The summed E-state index contributed by atoms with van der Waals surface area (Å²) >= 11 is 0. The lowest BCUT2D eigenvalue weighted by atomic mass is 9.99. The standard InChI is InChI=1S/C23H25FN4O2/c24-20-6-2-17(3-7-20)19-10-13-27(14-19)23(29)18-4-8-22(9-5-18)30-16-21(25)15-28-12-1-11-26-28/h1-9,11-12,19,21H,10,13-16,25H2/t19-,21?/m0/s1. The lowest BCUT2D eigenvalue weighted by Crippen LogP contribution is -2.32. The summed E-state index contributed by atoms with van der Waals surface area (Å²) in [4.78, 5) is 14.7. The van der Waals surface area contributed by atoms with Gasteiger partial charge in [0.2, 0.25) is 0 Å². The van der Waals surface area contributed by atoms with Gasteiger partial charge in [-0.15, -0.1) is 0 Å². The van der Waals surface area contributed by atoms with E-state index in [1.807, 2.05) is 17.2 Å². The maximum Gasteiger partial charge on any atom is 0.253 e. The van der Waals surface area contributed by atoms with Crippen LogP contribution in [0.3, 0.4) is 0 Å². The van der Waals surface area contributed by atoms with Crippen molar-refractivity contribution in [3.8, 4) is 5.75 Å². The number of carbonyl (C=O) groups is 1. The van der Waals surface area contributed by atoms with E-state index in [-0.39, 0.29) is 23.7 Å². The predicted octanol–water partition coefficient (Wildman–Crippen LogP) is 3.06. The Labute approximate surface area is 175 Å². The summed E-state index contributed by atoms with van der Waals surface area (Å²) in [5.41, 5.74) is 7.77. The molecule has 0 bridgehead atoms. The molecule has 3 aromatic rings. The van der Waals surface area contributed by atoms with Crippen molar-refractivity contribution < 1.29 is 13.9 Å². The van der Waals surface area contributed by atoms with E-state index in [2.05, 4.69) is 5.10 Å². The summed E-state index contributed by atoms with van der Waals surface area (Å²) in [5, 5.41) is 4.13. The molecule has 1 unspecified atom stereocenters. The molecule has 7 heteroatoms. The van der Waals surface area contributed by atoms with Crippen LogP contribution in [0.15, 0.2) is 67.0 Å². The monoisotopic (exact) mass is 408 g/mol. The van der Waals surface area contributed by atoms with Crippen LogP contribution < -0.4 is 10.5 Å². The molecule has 6 nitrogen and oxygen atoms in total. The molecule has 1 aromatic heterocycles. The summed E-state index contributed by atoms with van der Waals surface area (Å²) in [7, 11) is 0. The van der Waals surface area contributed by atoms with Gasteiger partial charge < -0.3 is 15.4 Å². The van der Waals surface area contributed by atoms with Crippen LogP contribution >= 0.6 is 0 Å². The van der Waals surface area contributed by atoms with Crippen LogP contribution in [0.1, 0.15) is 28.3 Å². The van der Waals surface area contributed by atoms with Crippen molar-refractivity contribution in [3.05, 3.63) is 83.9 Å². The summed E-state index contributed by atoms with van der Waals surface area (Å²) in [6, 6.07) is 15.4. The molecule has 2 atom stereocenters. The minimum Gasteiger partial charge on any atom is -0.492 e. The zero-order chi connectivity index (χ0) is 20.9. The van der Waals surface area contributed by atoms with E-state index in [4.69, 9.17) is 10.5 Å². The fraction of sp³-hybridized carbons (Fsp3) is 0.304. The Bertz CT molecular complexity index is 958. The highest BCUT2D eigenvalue weighted by Crippen LogP contribution is 2.28. The number of hydrogen-bond donors (Lipinski definition) is 1. The Kier molecular flexibility index (Phi) is 6.09. The van der Waals surface area contributed by atoms with E-state index < -0.39 is 0 Å². The molecule has 2 aromatic carbocycles. The molecule has 1 aliphatic heterocycles. The van der Waals surface area contributed by atoms with Crippen LogP contribution in [0, 0.1) is 5.82 Å². The highest BCUT2D eigenvalue weighted by atomic mass is 19.1. The normalized spacial score (nSPS) is 17.1. The number of carbonyl (C=O) groups excluding carboxylic acids is 1. The fourth-order valence-corrected chi connectivity index (χ4v) is 3.73. The number of rotatable bonds is 7. The smallest absolute Gasteiger partial charge is 0.253 e. The van der Waals surface area contributed by atoms with Gasteiger partial charge in [0.15, 0.2) is 0 Å².